The summed E-state index contributed by atoms with van der Waals surface area (Å²) in [6, 6.07) is 15.5. The maximum atomic E-state index is 13.1. The summed E-state index contributed by atoms with van der Waals surface area (Å²) >= 11 is 0. The zero-order valence-electron chi connectivity index (χ0n) is 15.4. The van der Waals surface area contributed by atoms with E-state index in [4.69, 9.17) is 9.47 Å². The van der Waals surface area contributed by atoms with Gasteiger partial charge in [0.05, 0.1) is 12.2 Å². The molecule has 0 fully saturated rings. The minimum atomic E-state index is -0.248. The third-order valence-corrected chi connectivity index (χ3v) is 4.53. The second-order valence-electron chi connectivity index (χ2n) is 6.32. The highest BCUT2D eigenvalue weighted by Crippen LogP contribution is 2.36. The lowest BCUT2D eigenvalue weighted by Crippen LogP contribution is -2.43. The van der Waals surface area contributed by atoms with Gasteiger partial charge in [0, 0.05) is 24.9 Å². The molecule has 1 atom stereocenters. The number of methoxy groups -OCH3 is 1. The van der Waals surface area contributed by atoms with Gasteiger partial charge in [-0.25, -0.2) is 0 Å². The molecule has 26 heavy (non-hydrogen) atoms. The molecule has 1 N–H and O–H groups in total. The van der Waals surface area contributed by atoms with Crippen molar-refractivity contribution in [3.8, 4) is 5.75 Å². The highest BCUT2D eigenvalue weighted by Gasteiger charge is 2.33. The number of fused-ring (bicyclic) bond motifs is 1. The van der Waals surface area contributed by atoms with Crippen LogP contribution in [-0.4, -0.2) is 37.7 Å². The van der Waals surface area contributed by atoms with Crippen molar-refractivity contribution in [3.05, 3.63) is 59.7 Å². The van der Waals surface area contributed by atoms with E-state index in [2.05, 4.69) is 12.2 Å². The Kier molecular flexibility index (Phi) is 6.12. The van der Waals surface area contributed by atoms with Gasteiger partial charge in [-0.1, -0.05) is 43.7 Å². The summed E-state index contributed by atoms with van der Waals surface area (Å²) in [6.07, 6.45) is 1.74. The molecule has 0 spiro atoms. The lowest BCUT2D eigenvalue weighted by molar-refractivity contribution is 0.0676. The Bertz CT molecular complexity index is 748. The number of hydrogen-bond donors (Lipinski definition) is 1. The predicted molar refractivity (Wildman–Crippen MR) is 103 cm³/mol. The maximum Gasteiger partial charge on any atom is 0.257 e. The average molecular weight is 354 g/mol. The van der Waals surface area contributed by atoms with Gasteiger partial charge in [0.2, 0.25) is 0 Å². The molecule has 1 heterocycles. The maximum absolute atomic E-state index is 13.1. The van der Waals surface area contributed by atoms with Crippen molar-refractivity contribution in [3.63, 3.8) is 0 Å². The number of nitrogens with zero attached hydrogens (tertiary/aromatic N) is 1. The largest absolute Gasteiger partial charge is 0.491 e. The Morgan fingerprint density at radius 1 is 1.08 bits per heavy atom. The van der Waals surface area contributed by atoms with E-state index in [0.29, 0.717) is 19.8 Å². The summed E-state index contributed by atoms with van der Waals surface area (Å²) in [5, 5.41) is 3.53. The fourth-order valence-electron chi connectivity index (χ4n) is 3.17. The smallest absolute Gasteiger partial charge is 0.257 e. The van der Waals surface area contributed by atoms with E-state index in [9.17, 15) is 4.79 Å². The van der Waals surface area contributed by atoms with Crippen LogP contribution in [0.15, 0.2) is 48.5 Å². The van der Waals surface area contributed by atoms with E-state index in [1.165, 1.54) is 0 Å². The zero-order chi connectivity index (χ0) is 18.4. The van der Waals surface area contributed by atoms with Crippen LogP contribution >= 0.6 is 0 Å². The Morgan fingerprint density at radius 3 is 2.65 bits per heavy atom. The molecule has 0 bridgehead atoms. The molecular formula is C21H26N2O3. The molecule has 1 amide bonds. The zero-order valence-corrected chi connectivity index (χ0v) is 15.4. The van der Waals surface area contributed by atoms with Crippen LogP contribution in [0, 0.1) is 0 Å². The van der Waals surface area contributed by atoms with Crippen molar-refractivity contribution < 1.29 is 14.3 Å². The van der Waals surface area contributed by atoms with E-state index < -0.39 is 0 Å². The highest BCUT2D eigenvalue weighted by molar-refractivity contribution is 6.01. The first kappa shape index (κ1) is 18.3. The second-order valence-corrected chi connectivity index (χ2v) is 6.32. The van der Waals surface area contributed by atoms with Crippen LogP contribution in [0.3, 0.4) is 0 Å². The van der Waals surface area contributed by atoms with Crippen LogP contribution in [0.5, 0.6) is 5.75 Å². The number of unbranched alkanes of at least 4 members (excludes halogenated alkanes) is 1. The molecule has 0 aliphatic carbocycles. The van der Waals surface area contributed by atoms with Crippen molar-refractivity contribution in [1.29, 1.82) is 0 Å². The third-order valence-electron chi connectivity index (χ3n) is 4.53. The number of anilines is 1. The molecule has 0 radical (unpaired) electrons. The van der Waals surface area contributed by atoms with Crippen molar-refractivity contribution >= 4 is 11.6 Å². The van der Waals surface area contributed by atoms with Gasteiger partial charge in [0.1, 0.15) is 18.5 Å². The normalized spacial score (nSPS) is 16.2. The van der Waals surface area contributed by atoms with Crippen LogP contribution < -0.4 is 10.1 Å². The minimum absolute atomic E-state index is 0.0597. The van der Waals surface area contributed by atoms with Gasteiger partial charge in [-0.15, -0.1) is 0 Å². The molecule has 138 valence electrons. The van der Waals surface area contributed by atoms with Crippen molar-refractivity contribution in [2.75, 3.05) is 32.2 Å². The van der Waals surface area contributed by atoms with Crippen LogP contribution in [0.25, 0.3) is 0 Å². The van der Waals surface area contributed by atoms with Gasteiger partial charge in [-0.3, -0.25) is 4.79 Å². The summed E-state index contributed by atoms with van der Waals surface area (Å²) < 4.78 is 11.0. The van der Waals surface area contributed by atoms with Crippen LogP contribution in [0.2, 0.25) is 0 Å². The number of nitrogens with one attached hydrogen (secondary N) is 1. The Balaban J connectivity index is 1.95. The molecule has 2 aromatic rings. The van der Waals surface area contributed by atoms with E-state index in [1.807, 2.05) is 53.4 Å². The van der Waals surface area contributed by atoms with Crippen LogP contribution in [-0.2, 0) is 4.74 Å². The van der Waals surface area contributed by atoms with E-state index in [1.54, 1.807) is 7.11 Å². The molecule has 0 saturated carbocycles. The monoisotopic (exact) mass is 354 g/mol. The fraction of sp³-hybridized carbons (Fsp3) is 0.381. The number of rotatable bonds is 8. The molecule has 5 heteroatoms. The first-order chi connectivity index (χ1) is 12.8. The molecule has 0 aromatic heterocycles. The van der Waals surface area contributed by atoms with Gasteiger partial charge < -0.3 is 19.7 Å². The third kappa shape index (κ3) is 3.83. The summed E-state index contributed by atoms with van der Waals surface area (Å²) in [4.78, 5) is 15.0. The number of ether oxygens (including phenoxy) is 2. The van der Waals surface area contributed by atoms with E-state index in [0.717, 1.165) is 35.4 Å². The molecule has 0 saturated heterocycles. The van der Waals surface area contributed by atoms with Gasteiger partial charge in [0.25, 0.3) is 5.91 Å². The average Bonchev–Trinajstić information content (AvgIpc) is 2.68. The first-order valence-electron chi connectivity index (χ1n) is 9.13. The molecule has 1 aliphatic rings. The van der Waals surface area contributed by atoms with E-state index in [-0.39, 0.29) is 12.1 Å². The fourth-order valence-corrected chi connectivity index (χ4v) is 3.17. The van der Waals surface area contributed by atoms with Crippen LogP contribution in [0.4, 0.5) is 5.69 Å². The van der Waals surface area contributed by atoms with Gasteiger partial charge >= 0.3 is 0 Å². The number of carbonyl (C=O) groups is 1. The molecule has 3 rings (SSSR count). The van der Waals surface area contributed by atoms with Crippen molar-refractivity contribution in [2.24, 2.45) is 0 Å². The predicted octanol–water partition coefficient (Wildman–Crippen LogP) is 4.08. The Hall–Kier alpha value is -2.53. The number of carbonyl (C=O) groups excluding carboxylic acids is 1. The standard InChI is InChI=1S/C21H26N2O3/c1-3-4-13-23-20(22-18-11-7-5-9-16(18)21(23)24)17-10-6-8-12-19(17)26-15-14-25-2/h5-12,20,22H,3-4,13-15H2,1-2H3. The molecule has 5 nitrogen and oxygen atoms in total. The van der Waals surface area contributed by atoms with Gasteiger partial charge in [0.15, 0.2) is 0 Å². The lowest BCUT2D eigenvalue weighted by Gasteiger charge is -2.38. The topological polar surface area (TPSA) is 50.8 Å². The highest BCUT2D eigenvalue weighted by atomic mass is 16.5. The van der Waals surface area contributed by atoms with Gasteiger partial charge in [-0.05, 0) is 24.6 Å². The number of amides is 1. The second kappa shape index (κ2) is 8.72. The Morgan fingerprint density at radius 2 is 1.85 bits per heavy atom. The minimum Gasteiger partial charge on any atom is -0.491 e. The van der Waals surface area contributed by atoms with Gasteiger partial charge in [-0.2, -0.15) is 0 Å². The number of hydrogen-bond acceptors (Lipinski definition) is 4. The van der Waals surface area contributed by atoms with Crippen molar-refractivity contribution in [1.82, 2.24) is 4.90 Å². The number of para-hydroxylation sites is 2. The Labute approximate surface area is 154 Å². The van der Waals surface area contributed by atoms with Crippen molar-refractivity contribution in [2.45, 2.75) is 25.9 Å². The van der Waals surface area contributed by atoms with E-state index >= 15 is 0 Å². The summed E-state index contributed by atoms with van der Waals surface area (Å²) in [6.45, 7) is 3.83. The molecule has 1 aliphatic heterocycles. The first-order valence-corrected chi connectivity index (χ1v) is 9.13. The quantitative estimate of drug-likeness (QED) is 0.726. The van der Waals surface area contributed by atoms with Crippen LogP contribution in [0.1, 0.15) is 41.9 Å². The lowest BCUT2D eigenvalue weighted by atomic mass is 10.0. The summed E-state index contributed by atoms with van der Waals surface area (Å²) in [5.41, 5.74) is 2.54. The SMILES string of the molecule is CCCCN1C(=O)c2ccccc2NC1c1ccccc1OCCOC. The summed E-state index contributed by atoms with van der Waals surface area (Å²) in [7, 11) is 1.65. The molecule has 2 aromatic carbocycles. The number of benzene rings is 2. The molecule has 1 unspecified atom stereocenters. The molecular weight excluding hydrogens is 328 g/mol. The summed E-state index contributed by atoms with van der Waals surface area (Å²) in [5.74, 6) is 0.834.